The lowest BCUT2D eigenvalue weighted by atomic mass is 10.0. The second-order valence-corrected chi connectivity index (χ2v) is 6.67. The molecule has 1 aromatic rings. The van der Waals surface area contributed by atoms with Crippen molar-refractivity contribution in [2.75, 3.05) is 31.1 Å². The van der Waals surface area contributed by atoms with E-state index < -0.39 is 23.8 Å². The van der Waals surface area contributed by atoms with Crippen molar-refractivity contribution in [1.29, 1.82) is 0 Å². The molecule has 7 heteroatoms. The van der Waals surface area contributed by atoms with Crippen molar-refractivity contribution >= 4 is 29.7 Å². The quantitative estimate of drug-likeness (QED) is 0.431. The average Bonchev–Trinajstić information content (AvgIpc) is 2.62. The number of imide groups is 2. The minimum absolute atomic E-state index is 0.482. The minimum atomic E-state index is -1.09. The smallest absolute Gasteiger partial charge is 0.304 e. The third-order valence-corrected chi connectivity index (χ3v) is 4.71. The Kier molecular flexibility index (Phi) is 7.24. The zero-order valence-corrected chi connectivity index (χ0v) is 16.5. The molecule has 0 radical (unpaired) electrons. The van der Waals surface area contributed by atoms with Crippen molar-refractivity contribution < 1.29 is 14.4 Å². The van der Waals surface area contributed by atoms with Crippen LogP contribution in [0.1, 0.15) is 31.4 Å². The molecule has 1 heterocycles. The Morgan fingerprint density at radius 1 is 1.19 bits per heavy atom. The molecule has 1 saturated heterocycles. The summed E-state index contributed by atoms with van der Waals surface area (Å²) >= 11 is 0. The lowest BCUT2D eigenvalue weighted by Gasteiger charge is -2.29. The number of benzene rings is 1. The van der Waals surface area contributed by atoms with Crippen LogP contribution in [0.2, 0.25) is 0 Å². The molecule has 1 aromatic carbocycles. The molecule has 1 atom stereocenters. The summed E-state index contributed by atoms with van der Waals surface area (Å²) in [6.45, 7) is 11.4. The topological polar surface area (TPSA) is 82.1 Å². The summed E-state index contributed by atoms with van der Waals surface area (Å²) in [4.78, 5) is 44.7. The summed E-state index contributed by atoms with van der Waals surface area (Å²) < 4.78 is 0. The number of urea groups is 1. The monoisotopic (exact) mass is 372 g/mol. The third kappa shape index (κ3) is 5.01. The number of barbiturate groups is 1. The number of carbonyl (C=O) groups excluding carboxylic acids is 3. The van der Waals surface area contributed by atoms with Crippen LogP contribution in [-0.4, -0.2) is 55.1 Å². The molecule has 1 unspecified atom stereocenters. The molecule has 146 valence electrons. The van der Waals surface area contributed by atoms with Gasteiger partial charge >= 0.3 is 6.03 Å². The van der Waals surface area contributed by atoms with Gasteiger partial charge in [-0.2, -0.15) is 0 Å². The highest BCUT2D eigenvalue weighted by molar-refractivity contribution is 6.32. The number of anilines is 1. The molecule has 1 N–H and O–H groups in total. The van der Waals surface area contributed by atoms with Crippen LogP contribution >= 0.6 is 0 Å². The highest BCUT2D eigenvalue weighted by Gasteiger charge is 2.40. The van der Waals surface area contributed by atoms with Gasteiger partial charge in [0, 0.05) is 12.8 Å². The number of nitrogens with zero attached hydrogens (tertiary/aromatic N) is 3. The molecule has 7 nitrogen and oxygen atoms in total. The second-order valence-electron chi connectivity index (χ2n) is 6.67. The van der Waals surface area contributed by atoms with E-state index in [0.717, 1.165) is 42.1 Å². The number of aryl methyl sites for hydroxylation is 2. The van der Waals surface area contributed by atoms with Gasteiger partial charge in [-0.3, -0.25) is 19.9 Å². The fourth-order valence-corrected chi connectivity index (χ4v) is 3.11. The van der Waals surface area contributed by atoms with Crippen molar-refractivity contribution in [3.8, 4) is 0 Å². The Balaban J connectivity index is 2.08. The van der Waals surface area contributed by atoms with Crippen molar-refractivity contribution in [2.45, 2.75) is 34.1 Å². The van der Waals surface area contributed by atoms with Gasteiger partial charge < -0.3 is 4.90 Å². The first-order valence-corrected chi connectivity index (χ1v) is 9.37. The van der Waals surface area contributed by atoms with Crippen LogP contribution in [0.5, 0.6) is 0 Å². The summed E-state index contributed by atoms with van der Waals surface area (Å²) in [5, 5.41) is 2.26. The van der Waals surface area contributed by atoms with Crippen LogP contribution in [-0.2, 0) is 9.59 Å². The molecular formula is C20H28N4O3. The molecule has 1 aliphatic rings. The SMILES string of the molecule is CCN(CC)CCCN=CC1C(=O)NC(=O)N(c2ccc(C)cc2C)C1=O. The van der Waals surface area contributed by atoms with Gasteiger partial charge in [0.15, 0.2) is 5.92 Å². The first-order chi connectivity index (χ1) is 12.9. The van der Waals surface area contributed by atoms with Crippen molar-refractivity contribution in [3.63, 3.8) is 0 Å². The fraction of sp³-hybridized carbons (Fsp3) is 0.500. The maximum absolute atomic E-state index is 12.8. The van der Waals surface area contributed by atoms with Crippen LogP contribution in [0, 0.1) is 19.8 Å². The predicted molar refractivity (Wildman–Crippen MR) is 106 cm³/mol. The molecule has 0 saturated carbocycles. The van der Waals surface area contributed by atoms with Gasteiger partial charge in [-0.1, -0.05) is 31.5 Å². The van der Waals surface area contributed by atoms with Gasteiger partial charge in [0.2, 0.25) is 5.91 Å². The molecule has 4 amide bonds. The van der Waals surface area contributed by atoms with E-state index in [1.54, 1.807) is 6.07 Å². The van der Waals surface area contributed by atoms with Gasteiger partial charge in [-0.15, -0.1) is 0 Å². The molecule has 0 spiro atoms. The minimum Gasteiger partial charge on any atom is -0.304 e. The van der Waals surface area contributed by atoms with E-state index in [-0.39, 0.29) is 0 Å². The number of amides is 4. The number of hydrogen-bond acceptors (Lipinski definition) is 5. The normalized spacial score (nSPS) is 17.9. The molecule has 0 bridgehead atoms. The number of rotatable bonds is 8. The van der Waals surface area contributed by atoms with E-state index in [9.17, 15) is 14.4 Å². The molecule has 2 rings (SSSR count). The number of nitrogens with one attached hydrogen (secondary N) is 1. The van der Waals surface area contributed by atoms with Crippen LogP contribution < -0.4 is 10.2 Å². The number of hydrogen-bond donors (Lipinski definition) is 1. The molecule has 1 fully saturated rings. The van der Waals surface area contributed by atoms with E-state index in [1.165, 1.54) is 6.21 Å². The first-order valence-electron chi connectivity index (χ1n) is 9.37. The lowest BCUT2D eigenvalue weighted by molar-refractivity contribution is -0.131. The van der Waals surface area contributed by atoms with Crippen LogP contribution in [0.15, 0.2) is 23.2 Å². The first kappa shape index (κ1) is 20.8. The predicted octanol–water partition coefficient (Wildman–Crippen LogP) is 2.31. The molecule has 1 aliphatic heterocycles. The Morgan fingerprint density at radius 3 is 2.52 bits per heavy atom. The van der Waals surface area contributed by atoms with Gasteiger partial charge in [0.1, 0.15) is 0 Å². The van der Waals surface area contributed by atoms with Crippen LogP contribution in [0.25, 0.3) is 0 Å². The summed E-state index contributed by atoms with van der Waals surface area (Å²) in [6, 6.07) is 4.72. The highest BCUT2D eigenvalue weighted by Crippen LogP contribution is 2.25. The average molecular weight is 372 g/mol. The van der Waals surface area contributed by atoms with Crippen LogP contribution in [0.3, 0.4) is 0 Å². The van der Waals surface area contributed by atoms with Crippen molar-refractivity contribution in [3.05, 3.63) is 29.3 Å². The summed E-state index contributed by atoms with van der Waals surface area (Å²) in [6.07, 6.45) is 2.21. The number of aliphatic imine (C=N–C) groups is 1. The van der Waals surface area contributed by atoms with E-state index in [4.69, 9.17) is 0 Å². The Labute approximate surface area is 160 Å². The van der Waals surface area contributed by atoms with Gasteiger partial charge in [0.05, 0.1) is 5.69 Å². The van der Waals surface area contributed by atoms with Crippen molar-refractivity contribution in [2.24, 2.45) is 10.9 Å². The summed E-state index contributed by atoms with van der Waals surface area (Å²) in [5.41, 5.74) is 2.31. The van der Waals surface area contributed by atoms with E-state index in [1.807, 2.05) is 26.0 Å². The summed E-state index contributed by atoms with van der Waals surface area (Å²) in [5.74, 6) is -2.28. The summed E-state index contributed by atoms with van der Waals surface area (Å²) in [7, 11) is 0. The maximum atomic E-state index is 12.8. The van der Waals surface area contributed by atoms with Gasteiger partial charge in [-0.05, 0) is 51.5 Å². The van der Waals surface area contributed by atoms with Gasteiger partial charge in [-0.25, -0.2) is 9.69 Å². The standard InChI is InChI=1S/C20H28N4O3/c1-5-23(6-2)11-7-10-21-13-16-18(25)22-20(27)24(19(16)26)17-9-8-14(3)12-15(17)4/h8-9,12-13,16H,5-7,10-11H2,1-4H3,(H,22,25,27). The van der Waals surface area contributed by atoms with Crippen molar-refractivity contribution in [1.82, 2.24) is 10.2 Å². The molecule has 0 aliphatic carbocycles. The van der Waals surface area contributed by atoms with Gasteiger partial charge in [0.25, 0.3) is 5.91 Å². The third-order valence-electron chi connectivity index (χ3n) is 4.71. The highest BCUT2D eigenvalue weighted by atomic mass is 16.2. The lowest BCUT2D eigenvalue weighted by Crippen LogP contribution is -2.58. The zero-order chi connectivity index (χ0) is 20.0. The molecule has 27 heavy (non-hydrogen) atoms. The zero-order valence-electron chi connectivity index (χ0n) is 16.5. The Bertz CT molecular complexity index is 741. The van der Waals surface area contributed by atoms with E-state index in [2.05, 4.69) is 29.1 Å². The fourth-order valence-electron chi connectivity index (χ4n) is 3.11. The van der Waals surface area contributed by atoms with Crippen LogP contribution in [0.4, 0.5) is 10.5 Å². The number of carbonyl (C=O) groups is 3. The van der Waals surface area contributed by atoms with E-state index in [0.29, 0.717) is 12.2 Å². The second kappa shape index (κ2) is 9.41. The molecule has 0 aromatic heterocycles. The van der Waals surface area contributed by atoms with E-state index >= 15 is 0 Å². The largest absolute Gasteiger partial charge is 0.335 e. The Morgan fingerprint density at radius 2 is 1.89 bits per heavy atom. The molecular weight excluding hydrogens is 344 g/mol. The Hall–Kier alpha value is -2.54. The maximum Gasteiger partial charge on any atom is 0.335 e.